The zero-order valence-electron chi connectivity index (χ0n) is 13.8. The van der Waals surface area contributed by atoms with Crippen molar-refractivity contribution >= 4 is 22.7 Å². The van der Waals surface area contributed by atoms with Crippen molar-refractivity contribution < 1.29 is 18.9 Å². The van der Waals surface area contributed by atoms with Gasteiger partial charge in [0.15, 0.2) is 5.58 Å². The Labute approximate surface area is 146 Å². The molecule has 0 unspecified atom stereocenters. The Morgan fingerprint density at radius 3 is 2.65 bits per heavy atom. The summed E-state index contributed by atoms with van der Waals surface area (Å²) in [5, 5.41) is 13.6. The van der Waals surface area contributed by atoms with Crippen LogP contribution < -0.4 is 15.8 Å². The van der Waals surface area contributed by atoms with Gasteiger partial charge in [-0.3, -0.25) is 19.5 Å². The number of nitrogens with zero attached hydrogens (tertiary/aromatic N) is 2. The predicted octanol–water partition coefficient (Wildman–Crippen LogP) is 1.83. The van der Waals surface area contributed by atoms with Gasteiger partial charge in [0.2, 0.25) is 5.91 Å². The molecule has 3 rings (SSSR count). The minimum atomic E-state index is -0.750. The largest absolute Gasteiger partial charge is 0.497 e. The predicted molar refractivity (Wildman–Crippen MR) is 92.0 cm³/mol. The molecule has 3 aromatic rings. The molecule has 0 aliphatic heterocycles. The summed E-state index contributed by atoms with van der Waals surface area (Å²) in [5.41, 5.74) is 1.05. The third kappa shape index (κ3) is 3.56. The zero-order valence-corrected chi connectivity index (χ0v) is 13.8. The van der Waals surface area contributed by atoms with Crippen molar-refractivity contribution in [2.75, 3.05) is 7.11 Å². The number of rotatable bonds is 6. The fourth-order valence-corrected chi connectivity index (χ4v) is 2.46. The summed E-state index contributed by atoms with van der Waals surface area (Å²) >= 11 is 0. The molecule has 134 valence electrons. The highest BCUT2D eigenvalue weighted by molar-refractivity contribution is 5.80. The van der Waals surface area contributed by atoms with Gasteiger partial charge < -0.3 is 14.5 Å². The van der Waals surface area contributed by atoms with Gasteiger partial charge in [-0.1, -0.05) is 12.1 Å². The van der Waals surface area contributed by atoms with Crippen LogP contribution in [0.5, 0.6) is 5.75 Å². The van der Waals surface area contributed by atoms with Gasteiger partial charge in [-0.15, -0.1) is 0 Å². The monoisotopic (exact) mass is 357 g/mol. The summed E-state index contributed by atoms with van der Waals surface area (Å²) in [7, 11) is 1.56. The van der Waals surface area contributed by atoms with Gasteiger partial charge >= 0.3 is 5.76 Å². The number of carbonyl (C=O) groups excluding carboxylic acids is 1. The maximum Gasteiger partial charge on any atom is 0.420 e. The van der Waals surface area contributed by atoms with E-state index in [9.17, 15) is 19.7 Å². The highest BCUT2D eigenvalue weighted by Crippen LogP contribution is 2.20. The van der Waals surface area contributed by atoms with Crippen LogP contribution in [0.2, 0.25) is 0 Å². The Balaban J connectivity index is 1.74. The van der Waals surface area contributed by atoms with Crippen LogP contribution in [0.15, 0.2) is 51.7 Å². The third-order valence-electron chi connectivity index (χ3n) is 3.81. The first-order chi connectivity index (χ1) is 12.5. The lowest BCUT2D eigenvalue weighted by molar-refractivity contribution is -0.384. The van der Waals surface area contributed by atoms with E-state index in [4.69, 9.17) is 9.15 Å². The summed E-state index contributed by atoms with van der Waals surface area (Å²) in [6.07, 6.45) is 0. The van der Waals surface area contributed by atoms with Crippen molar-refractivity contribution in [2.45, 2.75) is 13.1 Å². The minimum absolute atomic E-state index is 0.184. The fraction of sp³-hybridized carbons (Fsp3) is 0.176. The first-order valence-corrected chi connectivity index (χ1v) is 7.65. The SMILES string of the molecule is COc1ccc(CNC(=O)Cn2c(=O)oc3ccc([N+](=O)[O-])cc32)cc1. The van der Waals surface area contributed by atoms with Gasteiger partial charge in [0.1, 0.15) is 12.3 Å². The number of nitro benzene ring substituents is 1. The van der Waals surface area contributed by atoms with Crippen LogP contribution in [0.1, 0.15) is 5.56 Å². The second-order valence-corrected chi connectivity index (χ2v) is 5.49. The molecule has 1 amide bonds. The second kappa shape index (κ2) is 7.09. The van der Waals surface area contributed by atoms with Gasteiger partial charge in [-0.25, -0.2) is 4.79 Å². The normalized spacial score (nSPS) is 10.7. The number of methoxy groups -OCH3 is 1. The number of oxazole rings is 1. The van der Waals surface area contributed by atoms with Crippen LogP contribution in [0.3, 0.4) is 0 Å². The van der Waals surface area contributed by atoms with E-state index in [2.05, 4.69) is 5.32 Å². The number of ether oxygens (including phenoxy) is 1. The molecule has 2 aromatic carbocycles. The summed E-state index contributed by atoms with van der Waals surface area (Å²) in [6.45, 7) is -0.0311. The van der Waals surface area contributed by atoms with E-state index in [1.807, 2.05) is 12.1 Å². The van der Waals surface area contributed by atoms with Crippen LogP contribution in [-0.2, 0) is 17.9 Å². The molecule has 0 fully saturated rings. The minimum Gasteiger partial charge on any atom is -0.497 e. The molecule has 0 bridgehead atoms. The molecule has 9 heteroatoms. The van der Waals surface area contributed by atoms with Crippen molar-refractivity contribution in [1.82, 2.24) is 9.88 Å². The molecule has 0 atom stereocenters. The number of benzene rings is 2. The molecule has 0 aliphatic carbocycles. The first-order valence-electron chi connectivity index (χ1n) is 7.65. The van der Waals surface area contributed by atoms with Gasteiger partial charge in [-0.05, 0) is 23.8 Å². The van der Waals surface area contributed by atoms with Crippen molar-refractivity contribution in [3.05, 3.63) is 68.7 Å². The molecule has 1 heterocycles. The van der Waals surface area contributed by atoms with E-state index >= 15 is 0 Å². The van der Waals surface area contributed by atoms with E-state index in [-0.39, 0.29) is 29.9 Å². The molecule has 1 N–H and O–H groups in total. The smallest absolute Gasteiger partial charge is 0.420 e. The number of non-ortho nitro benzene ring substituents is 1. The van der Waals surface area contributed by atoms with Crippen molar-refractivity contribution in [2.24, 2.45) is 0 Å². The number of aromatic nitrogens is 1. The Hall–Kier alpha value is -3.62. The Morgan fingerprint density at radius 2 is 2.00 bits per heavy atom. The molecule has 0 saturated carbocycles. The first kappa shape index (κ1) is 17.2. The van der Waals surface area contributed by atoms with E-state index < -0.39 is 16.6 Å². The van der Waals surface area contributed by atoms with Crippen LogP contribution in [0, 0.1) is 10.1 Å². The number of amides is 1. The lowest BCUT2D eigenvalue weighted by atomic mass is 10.2. The van der Waals surface area contributed by atoms with Gasteiger partial charge in [0, 0.05) is 18.7 Å². The van der Waals surface area contributed by atoms with Crippen LogP contribution in [-0.4, -0.2) is 22.5 Å². The molecular weight excluding hydrogens is 342 g/mol. The van der Waals surface area contributed by atoms with Crippen LogP contribution >= 0.6 is 0 Å². The van der Waals surface area contributed by atoms with Gasteiger partial charge in [-0.2, -0.15) is 0 Å². The molecule has 0 aliphatic rings. The Kier molecular flexibility index (Phi) is 4.70. The van der Waals surface area contributed by atoms with Gasteiger partial charge in [0.05, 0.1) is 17.5 Å². The van der Waals surface area contributed by atoms with Crippen LogP contribution in [0.25, 0.3) is 11.1 Å². The molecule has 1 aromatic heterocycles. The third-order valence-corrected chi connectivity index (χ3v) is 3.81. The molecule has 9 nitrogen and oxygen atoms in total. The number of nitrogens with one attached hydrogen (secondary N) is 1. The van der Waals surface area contributed by atoms with E-state index in [0.717, 1.165) is 10.1 Å². The Bertz CT molecular complexity index is 1020. The number of carbonyl (C=O) groups is 1. The molecule has 0 radical (unpaired) electrons. The van der Waals surface area contributed by atoms with E-state index in [1.165, 1.54) is 18.2 Å². The number of nitro groups is 1. The summed E-state index contributed by atoms with van der Waals surface area (Å²) in [4.78, 5) is 34.4. The fourth-order valence-electron chi connectivity index (χ4n) is 2.46. The summed E-state index contributed by atoms with van der Waals surface area (Å²) < 4.78 is 11.1. The van der Waals surface area contributed by atoms with Gasteiger partial charge in [0.25, 0.3) is 5.69 Å². The van der Waals surface area contributed by atoms with Crippen molar-refractivity contribution in [3.8, 4) is 5.75 Å². The second-order valence-electron chi connectivity index (χ2n) is 5.49. The van der Waals surface area contributed by atoms with Crippen molar-refractivity contribution in [3.63, 3.8) is 0 Å². The highest BCUT2D eigenvalue weighted by atomic mass is 16.6. The zero-order chi connectivity index (χ0) is 18.7. The summed E-state index contributed by atoms with van der Waals surface area (Å²) in [5.74, 6) is -0.463. The maximum absolute atomic E-state index is 12.2. The number of hydrogen-bond donors (Lipinski definition) is 1. The Morgan fingerprint density at radius 1 is 1.27 bits per heavy atom. The average molecular weight is 357 g/mol. The number of hydrogen-bond acceptors (Lipinski definition) is 6. The lowest BCUT2D eigenvalue weighted by Crippen LogP contribution is -2.30. The molecular formula is C17H15N3O6. The topological polar surface area (TPSA) is 117 Å². The average Bonchev–Trinajstić information content (AvgIpc) is 2.95. The number of fused-ring (bicyclic) bond motifs is 1. The molecule has 0 spiro atoms. The molecule has 0 saturated heterocycles. The van der Waals surface area contributed by atoms with E-state index in [0.29, 0.717) is 5.75 Å². The quantitative estimate of drug-likeness (QED) is 0.531. The summed E-state index contributed by atoms with van der Waals surface area (Å²) in [6, 6.07) is 10.9. The van der Waals surface area contributed by atoms with Crippen LogP contribution in [0.4, 0.5) is 5.69 Å². The molecule has 26 heavy (non-hydrogen) atoms. The maximum atomic E-state index is 12.2. The van der Waals surface area contributed by atoms with Crippen molar-refractivity contribution in [1.29, 1.82) is 0 Å². The van der Waals surface area contributed by atoms with E-state index in [1.54, 1.807) is 19.2 Å². The standard InChI is InChI=1S/C17H15N3O6/c1-25-13-5-2-11(3-6-13)9-18-16(21)10-19-14-8-12(20(23)24)4-7-15(14)26-17(19)22/h2-8H,9-10H2,1H3,(H,18,21). The lowest BCUT2D eigenvalue weighted by Gasteiger charge is -2.07. The highest BCUT2D eigenvalue weighted by Gasteiger charge is 2.16.